The van der Waals surface area contributed by atoms with Crippen molar-refractivity contribution in [3.05, 3.63) is 23.3 Å². The first kappa shape index (κ1) is 18.1. The summed E-state index contributed by atoms with van der Waals surface area (Å²) in [7, 11) is 0. The van der Waals surface area contributed by atoms with Crippen molar-refractivity contribution in [3.63, 3.8) is 0 Å². The summed E-state index contributed by atoms with van der Waals surface area (Å²) in [5.74, 6) is 0.505. The molecule has 3 saturated carbocycles. The molecule has 3 fully saturated rings. The SMILES string of the molecule is CC12CCC3C(CC=C4CC(C(F)(F)F)CCC43C)C1CCC2=CC#N. The van der Waals surface area contributed by atoms with E-state index in [2.05, 4.69) is 26.0 Å². The number of halogens is 3. The quantitative estimate of drug-likeness (QED) is 0.352. The van der Waals surface area contributed by atoms with Crippen LogP contribution in [0.1, 0.15) is 65.2 Å². The first-order chi connectivity index (χ1) is 12.2. The van der Waals surface area contributed by atoms with Crippen molar-refractivity contribution in [1.29, 1.82) is 5.26 Å². The van der Waals surface area contributed by atoms with Gasteiger partial charge in [-0.25, -0.2) is 0 Å². The molecule has 0 heterocycles. The number of hydrogen-bond acceptors (Lipinski definition) is 1. The largest absolute Gasteiger partial charge is 0.392 e. The van der Waals surface area contributed by atoms with Crippen molar-refractivity contribution >= 4 is 0 Å². The van der Waals surface area contributed by atoms with Crippen LogP contribution in [0.2, 0.25) is 0 Å². The molecule has 0 aromatic heterocycles. The Hall–Kier alpha value is -1.24. The molecule has 4 heteroatoms. The van der Waals surface area contributed by atoms with Gasteiger partial charge in [0.25, 0.3) is 0 Å². The summed E-state index contributed by atoms with van der Waals surface area (Å²) in [6.07, 6.45) is 6.30. The highest BCUT2D eigenvalue weighted by atomic mass is 19.4. The molecule has 6 atom stereocenters. The molecule has 0 amide bonds. The standard InChI is InChI=1S/C22H28F3N/c1-20-11-8-19-17(18(20)6-4-14(20)9-12-26)5-3-15-13-16(22(23,24)25)7-10-21(15,19)2/h3,9,16-19H,4-8,10-11,13H2,1-2H3. The van der Waals surface area contributed by atoms with E-state index in [1.807, 2.05) is 0 Å². The minimum Gasteiger partial charge on any atom is -0.193 e. The Labute approximate surface area is 154 Å². The first-order valence-corrected chi connectivity index (χ1v) is 10.1. The van der Waals surface area contributed by atoms with E-state index in [1.54, 1.807) is 6.08 Å². The fraction of sp³-hybridized carbons (Fsp3) is 0.773. The van der Waals surface area contributed by atoms with Crippen LogP contribution in [0, 0.1) is 45.8 Å². The molecule has 1 nitrogen and oxygen atoms in total. The fourth-order valence-electron chi connectivity index (χ4n) is 7.10. The van der Waals surface area contributed by atoms with Crippen molar-refractivity contribution in [2.75, 3.05) is 0 Å². The van der Waals surface area contributed by atoms with Crippen LogP contribution >= 0.6 is 0 Å². The van der Waals surface area contributed by atoms with Gasteiger partial charge >= 0.3 is 6.18 Å². The first-order valence-electron chi connectivity index (χ1n) is 10.1. The minimum absolute atomic E-state index is 0.0479. The third kappa shape index (κ3) is 2.49. The van der Waals surface area contributed by atoms with Crippen molar-refractivity contribution in [1.82, 2.24) is 0 Å². The second kappa shape index (κ2) is 5.88. The van der Waals surface area contributed by atoms with E-state index in [-0.39, 0.29) is 23.7 Å². The molecule has 0 N–H and O–H groups in total. The van der Waals surface area contributed by atoms with Crippen molar-refractivity contribution in [2.24, 2.45) is 34.5 Å². The van der Waals surface area contributed by atoms with E-state index in [1.165, 1.54) is 5.57 Å². The lowest BCUT2D eigenvalue weighted by molar-refractivity contribution is -0.184. The number of allylic oxidation sites excluding steroid dienone is 4. The number of fused-ring (bicyclic) bond motifs is 5. The zero-order chi connectivity index (χ0) is 18.7. The summed E-state index contributed by atoms with van der Waals surface area (Å²) in [5, 5.41) is 9.12. The van der Waals surface area contributed by atoms with Gasteiger partial charge in [0, 0.05) is 6.08 Å². The van der Waals surface area contributed by atoms with Crippen LogP contribution in [0.15, 0.2) is 23.3 Å². The summed E-state index contributed by atoms with van der Waals surface area (Å²) >= 11 is 0. The number of nitriles is 1. The Bertz CT molecular complexity index is 697. The molecule has 6 unspecified atom stereocenters. The second-order valence-electron chi connectivity index (χ2n) is 9.53. The van der Waals surface area contributed by atoms with Crippen LogP contribution in [-0.4, -0.2) is 6.18 Å². The molecule has 4 rings (SSSR count). The Morgan fingerprint density at radius 2 is 1.81 bits per heavy atom. The van der Waals surface area contributed by atoms with Crippen LogP contribution < -0.4 is 0 Å². The molecule has 26 heavy (non-hydrogen) atoms. The molecule has 0 saturated heterocycles. The molecule has 0 spiro atoms. The van der Waals surface area contributed by atoms with Gasteiger partial charge in [-0.05, 0) is 80.0 Å². The predicted molar refractivity (Wildman–Crippen MR) is 94.9 cm³/mol. The van der Waals surface area contributed by atoms with Gasteiger partial charge in [-0.15, -0.1) is 0 Å². The molecule has 4 aliphatic carbocycles. The minimum atomic E-state index is -4.06. The van der Waals surface area contributed by atoms with Gasteiger partial charge in [0.2, 0.25) is 0 Å². The lowest BCUT2D eigenvalue weighted by Gasteiger charge is -2.57. The van der Waals surface area contributed by atoms with Crippen LogP contribution in [0.5, 0.6) is 0 Å². The monoisotopic (exact) mass is 363 g/mol. The average Bonchev–Trinajstić information content (AvgIpc) is 2.90. The average molecular weight is 363 g/mol. The van der Waals surface area contributed by atoms with Gasteiger partial charge in [0.05, 0.1) is 12.0 Å². The van der Waals surface area contributed by atoms with Crippen molar-refractivity contribution in [3.8, 4) is 6.07 Å². The summed E-state index contributed by atoms with van der Waals surface area (Å²) in [6, 6.07) is 2.23. The zero-order valence-corrected chi connectivity index (χ0v) is 15.7. The smallest absolute Gasteiger partial charge is 0.193 e. The third-order valence-corrected chi connectivity index (χ3v) is 8.65. The van der Waals surface area contributed by atoms with Crippen molar-refractivity contribution < 1.29 is 13.2 Å². The zero-order valence-electron chi connectivity index (χ0n) is 15.7. The fourth-order valence-corrected chi connectivity index (χ4v) is 7.10. The Kier molecular flexibility index (Phi) is 4.10. The highest BCUT2D eigenvalue weighted by molar-refractivity contribution is 5.31. The molecular weight excluding hydrogens is 335 g/mol. The maximum Gasteiger partial charge on any atom is 0.392 e. The maximum absolute atomic E-state index is 13.2. The van der Waals surface area contributed by atoms with Gasteiger partial charge in [-0.2, -0.15) is 18.4 Å². The molecule has 0 radical (unpaired) electrons. The lowest BCUT2D eigenvalue weighted by Crippen LogP contribution is -2.49. The van der Waals surface area contributed by atoms with Crippen LogP contribution in [0.4, 0.5) is 13.2 Å². The number of alkyl halides is 3. The van der Waals surface area contributed by atoms with E-state index in [4.69, 9.17) is 5.26 Å². The topological polar surface area (TPSA) is 23.8 Å². The summed E-state index contributed by atoms with van der Waals surface area (Å²) in [6.45, 7) is 4.57. The highest BCUT2D eigenvalue weighted by Gasteiger charge is 2.58. The second-order valence-corrected chi connectivity index (χ2v) is 9.53. The molecule has 0 aromatic rings. The Balaban J connectivity index is 1.63. The molecule has 142 valence electrons. The highest BCUT2D eigenvalue weighted by Crippen LogP contribution is 2.66. The van der Waals surface area contributed by atoms with E-state index >= 15 is 0 Å². The van der Waals surface area contributed by atoms with Gasteiger partial charge in [-0.1, -0.05) is 31.1 Å². The van der Waals surface area contributed by atoms with E-state index in [0.717, 1.165) is 37.7 Å². The lowest BCUT2D eigenvalue weighted by atomic mass is 9.47. The number of rotatable bonds is 0. The molecule has 0 bridgehead atoms. The van der Waals surface area contributed by atoms with Crippen LogP contribution in [0.25, 0.3) is 0 Å². The Morgan fingerprint density at radius 3 is 2.50 bits per heavy atom. The summed E-state index contributed by atoms with van der Waals surface area (Å²) < 4.78 is 39.7. The molecule has 0 aliphatic heterocycles. The Morgan fingerprint density at radius 1 is 1.12 bits per heavy atom. The van der Waals surface area contributed by atoms with Crippen LogP contribution in [-0.2, 0) is 0 Å². The van der Waals surface area contributed by atoms with Gasteiger partial charge in [0.15, 0.2) is 0 Å². The van der Waals surface area contributed by atoms with E-state index < -0.39 is 12.1 Å². The summed E-state index contributed by atoms with van der Waals surface area (Å²) in [4.78, 5) is 0. The van der Waals surface area contributed by atoms with Crippen molar-refractivity contribution in [2.45, 2.75) is 71.4 Å². The molecular formula is C22H28F3N. The predicted octanol–water partition coefficient (Wildman–Crippen LogP) is 6.58. The van der Waals surface area contributed by atoms with Gasteiger partial charge in [0.1, 0.15) is 0 Å². The van der Waals surface area contributed by atoms with Gasteiger partial charge in [-0.3, -0.25) is 0 Å². The number of nitrogens with zero attached hydrogens (tertiary/aromatic N) is 1. The normalized spacial score (nSPS) is 46.8. The third-order valence-electron chi connectivity index (χ3n) is 8.65. The molecule has 4 aliphatic rings. The van der Waals surface area contributed by atoms with E-state index in [9.17, 15) is 13.2 Å². The van der Waals surface area contributed by atoms with E-state index in [0.29, 0.717) is 24.2 Å². The number of hydrogen-bond donors (Lipinski definition) is 0. The van der Waals surface area contributed by atoms with Crippen LogP contribution in [0.3, 0.4) is 0 Å². The van der Waals surface area contributed by atoms with Gasteiger partial charge < -0.3 is 0 Å². The molecule has 0 aromatic carbocycles. The maximum atomic E-state index is 13.2. The summed E-state index contributed by atoms with van der Waals surface area (Å²) in [5.41, 5.74) is 2.47.